The first kappa shape index (κ1) is 50.6. The molecule has 0 amide bonds. The van der Waals surface area contributed by atoms with Gasteiger partial charge in [0.1, 0.15) is 29.8 Å². The fourth-order valence-corrected chi connectivity index (χ4v) is 12.7. The van der Waals surface area contributed by atoms with Gasteiger partial charge in [0.2, 0.25) is 0 Å². The molecule has 3 aliphatic heterocycles. The molecule has 58 heavy (non-hydrogen) atoms. The molecule has 0 aliphatic carbocycles. The predicted molar refractivity (Wildman–Crippen MR) is 229 cm³/mol. The van der Waals surface area contributed by atoms with Gasteiger partial charge in [-0.1, -0.05) is 62.2 Å². The Morgan fingerprint density at radius 1 is 1.03 bits per heavy atom. The van der Waals surface area contributed by atoms with E-state index in [9.17, 15) is 19.5 Å². The highest BCUT2D eigenvalue weighted by molar-refractivity contribution is 7.37. The number of esters is 2. The number of methoxy groups -OCH3 is 1. The lowest BCUT2D eigenvalue weighted by Gasteiger charge is -2.50. The lowest BCUT2D eigenvalue weighted by Crippen LogP contribution is -2.62. The number of cyclic esters (lactones) is 1. The number of ketones is 1. The number of fused-ring (bicyclic) bond motifs is 1. The van der Waals surface area contributed by atoms with E-state index in [0.29, 0.717) is 8.58 Å². The highest BCUT2D eigenvalue weighted by Gasteiger charge is 2.63. The average Bonchev–Trinajstić information content (AvgIpc) is 3.48. The number of nitrogens with two attached hydrogens (primary N) is 1. The Morgan fingerprint density at radius 3 is 2.16 bits per heavy atom. The van der Waals surface area contributed by atoms with Crippen LogP contribution in [-0.2, 0) is 47.3 Å². The minimum atomic E-state index is -2.19. The topological polar surface area (TPSA) is 178 Å². The molecule has 3 saturated heterocycles. The molecule has 0 aromatic heterocycles. The molecule has 0 aromatic rings. The second-order valence-electron chi connectivity index (χ2n) is 17.9. The van der Waals surface area contributed by atoms with E-state index in [1.165, 1.54) is 0 Å². The quantitative estimate of drug-likeness (QED) is 0.0526. The van der Waals surface area contributed by atoms with Gasteiger partial charge in [-0.05, 0) is 92.8 Å². The molecule has 0 saturated carbocycles. The number of likely N-dealkylation sites (N-methyl/N-ethyl adjacent to an activating group) is 1. The van der Waals surface area contributed by atoms with Gasteiger partial charge in [0, 0.05) is 36.8 Å². The summed E-state index contributed by atoms with van der Waals surface area (Å²) < 4.78 is 39.7. The zero-order valence-electron chi connectivity index (χ0n) is 38.3. The molecule has 17 atom stereocenters. The van der Waals surface area contributed by atoms with Crippen molar-refractivity contribution < 1.29 is 52.4 Å². The molecular weight excluding hydrogens is 782 g/mol. The van der Waals surface area contributed by atoms with Gasteiger partial charge in [-0.15, -0.1) is 0 Å². The van der Waals surface area contributed by atoms with Crippen LogP contribution in [0, 0.1) is 35.5 Å². The molecule has 3 unspecified atom stereocenters. The average molecular weight is 860 g/mol. The standard InChI is InChI=1S/C42H78N3O11PSi/c1-17-30-42(12)32(31(39(49)54-42)37(43)44-55-28(10)57-16)25(7)33(46)23(5)22-41(11,50-15)36(26(8)34(47)27(9)38(48)52-30)53-40-35(56-58(18-2,19-3)20-4)29(45(13)14)21-24(6)51-40/h23-32,34-36,40,47,57H,17-22H2,1-16H3,(H2,43,44)/t23-,24-,25-,26+,27-,28?,29+,30+,31-,32+,34-,35-,36-,40?,41-,42+/m1/s1. The maximum absolute atomic E-state index is 14.8. The van der Waals surface area contributed by atoms with Crippen molar-refractivity contribution in [1.29, 1.82) is 0 Å². The second kappa shape index (κ2) is 20.9. The van der Waals surface area contributed by atoms with Crippen molar-refractivity contribution in [3.8, 4) is 0 Å². The third-order valence-electron chi connectivity index (χ3n) is 13.9. The molecule has 0 spiro atoms. The van der Waals surface area contributed by atoms with Gasteiger partial charge in [0.25, 0.3) is 0 Å². The molecule has 3 rings (SSSR count). The number of amidine groups is 1. The predicted octanol–water partition coefficient (Wildman–Crippen LogP) is 5.92. The first-order valence-corrected chi connectivity index (χ1v) is 25.7. The Labute approximate surface area is 351 Å². The van der Waals surface area contributed by atoms with Crippen LogP contribution < -0.4 is 5.73 Å². The van der Waals surface area contributed by atoms with Crippen LogP contribution in [0.4, 0.5) is 0 Å². The van der Waals surface area contributed by atoms with Crippen molar-refractivity contribution >= 4 is 40.5 Å². The molecule has 3 fully saturated rings. The largest absolute Gasteiger partial charge is 0.458 e. The highest BCUT2D eigenvalue weighted by atomic mass is 31.1. The van der Waals surface area contributed by atoms with Gasteiger partial charge in [0.05, 0.1) is 29.8 Å². The van der Waals surface area contributed by atoms with Gasteiger partial charge >= 0.3 is 11.9 Å². The van der Waals surface area contributed by atoms with Gasteiger partial charge in [-0.2, -0.15) is 0 Å². The number of carbonyl (C=O) groups is 3. The zero-order chi connectivity index (χ0) is 44.1. The number of aliphatic hydroxyl groups is 1. The molecule has 0 radical (unpaired) electrons. The molecule has 336 valence electrons. The van der Waals surface area contributed by atoms with E-state index >= 15 is 0 Å². The first-order chi connectivity index (χ1) is 27.0. The van der Waals surface area contributed by atoms with E-state index in [2.05, 4.69) is 30.8 Å². The van der Waals surface area contributed by atoms with Gasteiger partial charge in [0.15, 0.2) is 26.0 Å². The summed E-state index contributed by atoms with van der Waals surface area (Å²) >= 11 is 0. The van der Waals surface area contributed by atoms with Crippen molar-refractivity contribution in [3.05, 3.63) is 0 Å². The number of oxime groups is 1. The van der Waals surface area contributed by atoms with Crippen LogP contribution in [-0.4, -0.2) is 130 Å². The van der Waals surface area contributed by atoms with Crippen molar-refractivity contribution in [2.45, 2.75) is 180 Å². The molecule has 3 aliphatic rings. The van der Waals surface area contributed by atoms with Crippen LogP contribution in [0.5, 0.6) is 0 Å². The van der Waals surface area contributed by atoms with E-state index in [4.69, 9.17) is 38.7 Å². The van der Waals surface area contributed by atoms with Gasteiger partial charge in [-0.3, -0.25) is 14.4 Å². The monoisotopic (exact) mass is 860 g/mol. The number of hydrogen-bond donors (Lipinski definition) is 2. The van der Waals surface area contributed by atoms with Crippen molar-refractivity contribution in [2.24, 2.45) is 46.4 Å². The van der Waals surface area contributed by atoms with Crippen molar-refractivity contribution in [2.75, 3.05) is 27.9 Å². The van der Waals surface area contributed by atoms with Gasteiger partial charge < -0.3 is 48.7 Å². The third kappa shape index (κ3) is 10.7. The molecule has 0 bridgehead atoms. The van der Waals surface area contributed by atoms with Crippen molar-refractivity contribution in [1.82, 2.24) is 4.90 Å². The maximum Gasteiger partial charge on any atom is 0.317 e. The Morgan fingerprint density at radius 2 is 1.64 bits per heavy atom. The molecule has 0 aromatic carbocycles. The van der Waals surface area contributed by atoms with E-state index in [1.54, 1.807) is 27.9 Å². The number of rotatable bonds is 14. The Kier molecular flexibility index (Phi) is 18.3. The lowest BCUT2D eigenvalue weighted by atomic mass is 9.67. The summed E-state index contributed by atoms with van der Waals surface area (Å²) in [5.74, 6) is -7.10. The third-order valence-corrected chi connectivity index (χ3v) is 19.5. The van der Waals surface area contributed by atoms with Crippen LogP contribution >= 0.6 is 8.58 Å². The normalized spacial score (nSPS) is 40.6. The minimum absolute atomic E-state index is 0.0235. The Bertz CT molecular complexity index is 1410. The van der Waals surface area contributed by atoms with E-state index < -0.39 is 97.7 Å². The number of ether oxygens (including phenoxy) is 5. The molecule has 14 nitrogen and oxygen atoms in total. The van der Waals surface area contributed by atoms with Crippen molar-refractivity contribution in [3.63, 3.8) is 0 Å². The Hall–Kier alpha value is -1.71. The molecular formula is C42H78N3O11PSi. The highest BCUT2D eigenvalue weighted by Crippen LogP contribution is 2.48. The van der Waals surface area contributed by atoms with E-state index in [-0.39, 0.29) is 42.5 Å². The zero-order valence-corrected chi connectivity index (χ0v) is 40.3. The van der Waals surface area contributed by atoms with Crippen LogP contribution in [0.2, 0.25) is 18.1 Å². The second-order valence-corrected chi connectivity index (χ2v) is 24.0. The van der Waals surface area contributed by atoms with Crippen LogP contribution in [0.1, 0.15) is 102 Å². The van der Waals surface area contributed by atoms with Crippen LogP contribution in [0.15, 0.2) is 5.16 Å². The molecule has 3 N–H and O–H groups in total. The minimum Gasteiger partial charge on any atom is -0.458 e. The maximum atomic E-state index is 14.8. The summed E-state index contributed by atoms with van der Waals surface area (Å²) in [6.07, 6.45) is -3.44. The smallest absolute Gasteiger partial charge is 0.317 e. The first-order valence-electron chi connectivity index (χ1n) is 21.6. The number of aliphatic hydroxyl groups excluding tert-OH is 1. The number of hydrogen-bond acceptors (Lipinski definition) is 13. The lowest BCUT2D eigenvalue weighted by molar-refractivity contribution is -0.298. The molecule has 16 heteroatoms. The summed E-state index contributed by atoms with van der Waals surface area (Å²) in [4.78, 5) is 50.6. The number of Topliss-reactive ketones (excluding diaryl/α,β-unsaturated/α-hetero) is 1. The SMILES string of the molecule is CC[C@@H]1OC(=O)[C@H](C)[C@H](O)[C@H](C)[C@@H](OC2O[C@H](C)C[C@H](N(C)C)[C@H]2O[Si](CC)(CC)CC)[C@](C)(OC)C[C@@H](C)C(=O)[C@H](C)[C@H]2[C@H](/C(N)=N/OC(C)PC)C(=O)O[C@]21C. The fraction of sp³-hybridized carbons (Fsp3) is 0.905. The number of carbonyl (C=O) groups excluding carboxylic acids is 3. The summed E-state index contributed by atoms with van der Waals surface area (Å²) in [7, 11) is 3.87. The summed E-state index contributed by atoms with van der Waals surface area (Å²) in [5, 5.41) is 16.3. The Balaban J connectivity index is 2.22. The van der Waals surface area contributed by atoms with Gasteiger partial charge in [-0.25, -0.2) is 0 Å². The summed E-state index contributed by atoms with van der Waals surface area (Å²) in [6.45, 7) is 24.8. The summed E-state index contributed by atoms with van der Waals surface area (Å²) in [5.41, 5.74) is 3.86. The van der Waals surface area contributed by atoms with Crippen LogP contribution in [0.3, 0.4) is 0 Å². The summed E-state index contributed by atoms with van der Waals surface area (Å²) in [6, 6.07) is 2.78. The number of nitrogens with zero attached hydrogens (tertiary/aromatic N) is 2. The fourth-order valence-electron chi connectivity index (χ4n) is 9.75. The van der Waals surface area contributed by atoms with E-state index in [1.807, 2.05) is 62.3 Å². The van der Waals surface area contributed by atoms with Crippen LogP contribution in [0.25, 0.3) is 0 Å². The van der Waals surface area contributed by atoms with E-state index in [0.717, 1.165) is 24.6 Å². The molecule has 3 heterocycles.